The van der Waals surface area contributed by atoms with Crippen molar-refractivity contribution in [3.63, 3.8) is 0 Å². The van der Waals surface area contributed by atoms with Gasteiger partial charge in [0.25, 0.3) is 5.91 Å². The molecule has 0 spiro atoms. The maximum absolute atomic E-state index is 12.3. The largest absolute Gasteiger partial charge is 0.507 e. The van der Waals surface area contributed by atoms with E-state index in [-0.39, 0.29) is 23.8 Å². The van der Waals surface area contributed by atoms with Gasteiger partial charge in [-0.2, -0.15) is 0 Å². The Kier molecular flexibility index (Phi) is 6.86. The van der Waals surface area contributed by atoms with Crippen LogP contribution in [0.2, 0.25) is 5.02 Å². The van der Waals surface area contributed by atoms with Gasteiger partial charge in [0, 0.05) is 11.6 Å². The summed E-state index contributed by atoms with van der Waals surface area (Å²) in [6, 6.07) is 9.51. The van der Waals surface area contributed by atoms with E-state index in [1.54, 1.807) is 25.1 Å². The van der Waals surface area contributed by atoms with Crippen molar-refractivity contribution in [3.8, 4) is 11.5 Å². The fraction of sp³-hybridized carbons (Fsp3) is 0.263. The lowest BCUT2D eigenvalue weighted by atomic mass is 10.1. The summed E-state index contributed by atoms with van der Waals surface area (Å²) in [4.78, 5) is 24.0. The van der Waals surface area contributed by atoms with Gasteiger partial charge in [-0.1, -0.05) is 17.7 Å². The molecule has 0 aliphatic heterocycles. The summed E-state index contributed by atoms with van der Waals surface area (Å²) in [6.07, 6.45) is 0.477. The minimum absolute atomic E-state index is 0.114. The van der Waals surface area contributed by atoms with Crippen molar-refractivity contribution in [1.29, 1.82) is 0 Å². The molecule has 2 N–H and O–H groups in total. The zero-order chi connectivity index (χ0) is 19.1. The minimum Gasteiger partial charge on any atom is -0.507 e. The number of hydrogen-bond acceptors (Lipinski definition) is 5. The Bertz CT molecular complexity index is 807. The van der Waals surface area contributed by atoms with Crippen molar-refractivity contribution < 1.29 is 24.2 Å². The number of carbonyl (C=O) groups is 2. The van der Waals surface area contributed by atoms with Gasteiger partial charge in [-0.25, -0.2) is 4.79 Å². The molecule has 1 amide bonds. The highest BCUT2D eigenvalue weighted by Gasteiger charge is 2.14. The van der Waals surface area contributed by atoms with Gasteiger partial charge in [0.15, 0.2) is 0 Å². The molecule has 0 fully saturated rings. The summed E-state index contributed by atoms with van der Waals surface area (Å²) in [5.74, 6) is -0.596. The second-order valence-corrected chi connectivity index (χ2v) is 5.86. The summed E-state index contributed by atoms with van der Waals surface area (Å²) in [5.41, 5.74) is 1.23. The molecule has 0 saturated carbocycles. The molecule has 6 nitrogen and oxygen atoms in total. The quantitative estimate of drug-likeness (QED) is 0.724. The van der Waals surface area contributed by atoms with Gasteiger partial charge in [0.05, 0.1) is 19.3 Å². The van der Waals surface area contributed by atoms with Crippen LogP contribution >= 0.6 is 11.6 Å². The third kappa shape index (κ3) is 4.89. The monoisotopic (exact) mass is 377 g/mol. The third-order valence-corrected chi connectivity index (χ3v) is 3.90. The smallest absolute Gasteiger partial charge is 0.341 e. The van der Waals surface area contributed by atoms with Crippen molar-refractivity contribution in [2.24, 2.45) is 0 Å². The molecule has 0 heterocycles. The Hall–Kier alpha value is -2.73. The number of aromatic hydroxyl groups is 1. The van der Waals surface area contributed by atoms with Crippen molar-refractivity contribution in [1.82, 2.24) is 5.32 Å². The number of phenolic OH excluding ortho intramolecular Hbond substituents is 1. The van der Waals surface area contributed by atoms with Gasteiger partial charge in [-0.15, -0.1) is 0 Å². The number of phenols is 1. The minimum atomic E-state index is -0.571. The fourth-order valence-corrected chi connectivity index (χ4v) is 2.56. The van der Waals surface area contributed by atoms with Gasteiger partial charge in [-0.05, 0) is 49.2 Å². The number of halogens is 1. The highest BCUT2D eigenvalue weighted by Crippen LogP contribution is 2.23. The number of amides is 1. The normalized spacial score (nSPS) is 10.3. The molecule has 2 rings (SSSR count). The van der Waals surface area contributed by atoms with Gasteiger partial charge in [0.2, 0.25) is 0 Å². The van der Waals surface area contributed by atoms with Crippen LogP contribution in [0.4, 0.5) is 0 Å². The first-order valence-electron chi connectivity index (χ1n) is 8.07. The molecule has 0 bridgehead atoms. The molecule has 0 saturated heterocycles. The summed E-state index contributed by atoms with van der Waals surface area (Å²) in [5, 5.41) is 13.2. The number of hydrogen-bond donors (Lipinski definition) is 2. The van der Waals surface area contributed by atoms with Crippen LogP contribution in [0.1, 0.15) is 33.2 Å². The molecular formula is C19H20ClNO5. The number of benzene rings is 2. The van der Waals surface area contributed by atoms with E-state index in [0.29, 0.717) is 29.3 Å². The fourth-order valence-electron chi connectivity index (χ4n) is 2.39. The molecule has 0 aromatic heterocycles. The molecule has 26 heavy (non-hydrogen) atoms. The van der Waals surface area contributed by atoms with E-state index in [9.17, 15) is 14.7 Å². The molecule has 0 aliphatic carbocycles. The van der Waals surface area contributed by atoms with E-state index in [0.717, 1.165) is 5.56 Å². The molecule has 2 aromatic carbocycles. The van der Waals surface area contributed by atoms with Gasteiger partial charge >= 0.3 is 5.97 Å². The Morgan fingerprint density at radius 3 is 2.58 bits per heavy atom. The predicted octanol–water partition coefficient (Wildman–Crippen LogP) is 3.20. The highest BCUT2D eigenvalue weighted by molar-refractivity contribution is 6.31. The topological polar surface area (TPSA) is 84.9 Å². The highest BCUT2D eigenvalue weighted by atomic mass is 35.5. The Morgan fingerprint density at radius 1 is 1.15 bits per heavy atom. The third-order valence-electron chi connectivity index (χ3n) is 3.66. The molecule has 7 heteroatoms. The molecule has 0 atom stereocenters. The summed E-state index contributed by atoms with van der Waals surface area (Å²) >= 11 is 5.93. The van der Waals surface area contributed by atoms with Crippen LogP contribution in [0.25, 0.3) is 0 Å². The van der Waals surface area contributed by atoms with E-state index in [4.69, 9.17) is 21.1 Å². The molecule has 0 radical (unpaired) electrons. The van der Waals surface area contributed by atoms with E-state index in [1.165, 1.54) is 25.3 Å². The Labute approximate surface area is 156 Å². The number of ether oxygens (including phenoxy) is 2. The van der Waals surface area contributed by atoms with Crippen LogP contribution in [-0.2, 0) is 11.2 Å². The maximum atomic E-state index is 12.3. The van der Waals surface area contributed by atoms with Crippen LogP contribution in [0, 0.1) is 0 Å². The molecule has 0 aliphatic rings. The maximum Gasteiger partial charge on any atom is 0.341 e. The first kappa shape index (κ1) is 19.6. The molecule has 2 aromatic rings. The van der Waals surface area contributed by atoms with Crippen molar-refractivity contribution in [2.45, 2.75) is 13.3 Å². The van der Waals surface area contributed by atoms with Crippen LogP contribution in [0.3, 0.4) is 0 Å². The Balaban J connectivity index is 1.97. The van der Waals surface area contributed by atoms with Crippen LogP contribution in [0.5, 0.6) is 11.5 Å². The van der Waals surface area contributed by atoms with Crippen molar-refractivity contribution in [2.75, 3.05) is 20.3 Å². The first-order valence-corrected chi connectivity index (χ1v) is 8.44. The van der Waals surface area contributed by atoms with Gasteiger partial charge < -0.3 is 19.9 Å². The lowest BCUT2D eigenvalue weighted by molar-refractivity contribution is 0.0523. The predicted molar refractivity (Wildman–Crippen MR) is 98.1 cm³/mol. The number of esters is 1. The zero-order valence-electron chi connectivity index (χ0n) is 14.5. The van der Waals surface area contributed by atoms with E-state index in [2.05, 4.69) is 5.32 Å². The molecule has 138 valence electrons. The SMILES string of the molecule is CCOC(=O)c1ccc(CCNC(=O)c2cc(Cl)ccc2OC)cc1O. The number of methoxy groups -OCH3 is 1. The summed E-state index contributed by atoms with van der Waals surface area (Å²) in [6.45, 7) is 2.27. The number of rotatable bonds is 7. The lowest BCUT2D eigenvalue weighted by Crippen LogP contribution is -2.26. The van der Waals surface area contributed by atoms with Crippen molar-refractivity contribution >= 4 is 23.5 Å². The number of nitrogens with one attached hydrogen (secondary N) is 1. The summed E-state index contributed by atoms with van der Waals surface area (Å²) in [7, 11) is 1.48. The van der Waals surface area contributed by atoms with Gasteiger partial charge in [-0.3, -0.25) is 4.79 Å². The molecular weight excluding hydrogens is 358 g/mol. The average molecular weight is 378 g/mol. The Morgan fingerprint density at radius 2 is 1.92 bits per heavy atom. The van der Waals surface area contributed by atoms with E-state index in [1.807, 2.05) is 0 Å². The van der Waals surface area contributed by atoms with E-state index >= 15 is 0 Å². The van der Waals surface area contributed by atoms with E-state index < -0.39 is 5.97 Å². The van der Waals surface area contributed by atoms with Crippen molar-refractivity contribution in [3.05, 3.63) is 58.1 Å². The average Bonchev–Trinajstić information content (AvgIpc) is 2.61. The first-order chi connectivity index (χ1) is 12.5. The molecule has 0 unspecified atom stereocenters. The number of carbonyl (C=O) groups excluding carboxylic acids is 2. The van der Waals surface area contributed by atoms with Gasteiger partial charge in [0.1, 0.15) is 17.1 Å². The second kappa shape index (κ2) is 9.10. The lowest BCUT2D eigenvalue weighted by Gasteiger charge is -2.10. The summed E-state index contributed by atoms with van der Waals surface area (Å²) < 4.78 is 10.0. The standard InChI is InChI=1S/C19H20ClNO5/c1-3-26-19(24)14-6-4-12(10-16(14)22)8-9-21-18(23)15-11-13(20)5-7-17(15)25-2/h4-7,10-11,22H,3,8-9H2,1-2H3,(H,21,23). The van der Waals surface area contributed by atoms with Crippen LogP contribution < -0.4 is 10.1 Å². The zero-order valence-corrected chi connectivity index (χ0v) is 15.3. The van der Waals surface area contributed by atoms with Crippen LogP contribution in [0.15, 0.2) is 36.4 Å². The second-order valence-electron chi connectivity index (χ2n) is 5.42. The van der Waals surface area contributed by atoms with Crippen LogP contribution in [-0.4, -0.2) is 37.2 Å².